The fraction of sp³-hybridized carbons (Fsp3) is 0.115. The number of aryl methyl sites for hydroxylation is 1. The summed E-state index contributed by atoms with van der Waals surface area (Å²) in [6.07, 6.45) is 1.71. The smallest absolute Gasteiger partial charge is 0.285 e. The molecule has 4 rings (SSSR count). The zero-order chi connectivity index (χ0) is 24.9. The van der Waals surface area contributed by atoms with E-state index in [1.165, 1.54) is 0 Å². The van der Waals surface area contributed by atoms with Gasteiger partial charge in [0, 0.05) is 10.0 Å². The van der Waals surface area contributed by atoms with Crippen LogP contribution in [0.2, 0.25) is 0 Å². The summed E-state index contributed by atoms with van der Waals surface area (Å²) in [5.74, 6) is 0.338. The van der Waals surface area contributed by atoms with Crippen molar-refractivity contribution in [2.45, 2.75) is 13.5 Å². The highest BCUT2D eigenvalue weighted by Crippen LogP contribution is 2.34. The highest BCUT2D eigenvalue weighted by Gasteiger charge is 2.34. The van der Waals surface area contributed by atoms with E-state index in [-0.39, 0.29) is 4.32 Å². The maximum atomic E-state index is 13.0. The lowest BCUT2D eigenvalue weighted by molar-refractivity contribution is -0.123. The first-order valence-electron chi connectivity index (χ1n) is 10.6. The van der Waals surface area contributed by atoms with Crippen LogP contribution in [0.25, 0.3) is 6.08 Å². The Morgan fingerprint density at radius 1 is 1.11 bits per heavy atom. The Kier molecular flexibility index (Phi) is 7.90. The number of benzene rings is 3. The average Bonchev–Trinajstić information content (AvgIpc) is 3.10. The fourth-order valence-electron chi connectivity index (χ4n) is 3.39. The second kappa shape index (κ2) is 11.1. The molecule has 35 heavy (non-hydrogen) atoms. The summed E-state index contributed by atoms with van der Waals surface area (Å²) in [6.45, 7) is 2.22. The van der Waals surface area contributed by atoms with Gasteiger partial charge < -0.3 is 9.47 Å². The van der Waals surface area contributed by atoms with Gasteiger partial charge in [-0.3, -0.25) is 15.0 Å². The topological polar surface area (TPSA) is 67.9 Å². The van der Waals surface area contributed by atoms with Gasteiger partial charge in [-0.2, -0.15) is 5.01 Å². The number of nitrogens with one attached hydrogen (secondary N) is 1. The van der Waals surface area contributed by atoms with Crippen LogP contribution in [0.5, 0.6) is 11.5 Å². The Hall–Kier alpha value is -3.14. The molecule has 9 heteroatoms. The number of carbonyl (C=O) groups is 2. The highest BCUT2D eigenvalue weighted by atomic mass is 79.9. The molecule has 178 valence electrons. The molecule has 3 aromatic rings. The SMILES string of the molecule is COc1cc(/C=C2/SC(=S)N(NC(=O)c3ccccc3C)C2=O)ccc1OCc1cccc(Br)c1. The van der Waals surface area contributed by atoms with Crippen molar-refractivity contribution in [1.82, 2.24) is 10.4 Å². The van der Waals surface area contributed by atoms with Crippen LogP contribution in [0, 0.1) is 6.92 Å². The van der Waals surface area contributed by atoms with Gasteiger partial charge in [0.1, 0.15) is 6.61 Å². The van der Waals surface area contributed by atoms with Crippen molar-refractivity contribution in [3.8, 4) is 11.5 Å². The van der Waals surface area contributed by atoms with E-state index in [0.717, 1.165) is 37.9 Å². The number of methoxy groups -OCH3 is 1. The molecule has 1 N–H and O–H groups in total. The van der Waals surface area contributed by atoms with E-state index >= 15 is 0 Å². The average molecular weight is 570 g/mol. The molecule has 0 atom stereocenters. The van der Waals surface area contributed by atoms with E-state index in [0.29, 0.717) is 28.6 Å². The zero-order valence-corrected chi connectivity index (χ0v) is 22.1. The lowest BCUT2D eigenvalue weighted by atomic mass is 10.1. The molecule has 6 nitrogen and oxygen atoms in total. The third-order valence-electron chi connectivity index (χ3n) is 5.17. The predicted octanol–water partition coefficient (Wildman–Crippen LogP) is 5.89. The highest BCUT2D eigenvalue weighted by molar-refractivity contribution is 9.10. The second-order valence-corrected chi connectivity index (χ2v) is 10.2. The van der Waals surface area contributed by atoms with Crippen LogP contribution < -0.4 is 14.9 Å². The van der Waals surface area contributed by atoms with E-state index in [1.807, 2.05) is 49.4 Å². The van der Waals surface area contributed by atoms with Gasteiger partial charge in [0.05, 0.1) is 12.0 Å². The first-order valence-corrected chi connectivity index (χ1v) is 12.6. The molecule has 3 aromatic carbocycles. The number of ether oxygens (including phenoxy) is 2. The van der Waals surface area contributed by atoms with Crippen LogP contribution in [0.3, 0.4) is 0 Å². The zero-order valence-electron chi connectivity index (χ0n) is 18.9. The summed E-state index contributed by atoms with van der Waals surface area (Å²) in [5.41, 5.74) is 5.65. The number of hydrazine groups is 1. The number of thioether (sulfide) groups is 1. The molecule has 1 fully saturated rings. The second-order valence-electron chi connectivity index (χ2n) is 7.60. The Bertz CT molecular complexity index is 1340. The first kappa shape index (κ1) is 25.0. The number of nitrogens with zero attached hydrogens (tertiary/aromatic N) is 1. The Labute approximate surface area is 221 Å². The summed E-state index contributed by atoms with van der Waals surface area (Å²) < 4.78 is 12.7. The van der Waals surface area contributed by atoms with Crippen molar-refractivity contribution in [2.75, 3.05) is 7.11 Å². The minimum Gasteiger partial charge on any atom is -0.493 e. The Balaban J connectivity index is 1.48. The van der Waals surface area contributed by atoms with Crippen LogP contribution in [0.1, 0.15) is 27.0 Å². The van der Waals surface area contributed by atoms with Gasteiger partial charge in [-0.1, -0.05) is 64.1 Å². The van der Waals surface area contributed by atoms with Crippen molar-refractivity contribution in [3.05, 3.63) is 98.4 Å². The maximum Gasteiger partial charge on any atom is 0.285 e. The Morgan fingerprint density at radius 3 is 2.66 bits per heavy atom. The maximum absolute atomic E-state index is 13.0. The van der Waals surface area contributed by atoms with Crippen LogP contribution in [-0.4, -0.2) is 28.3 Å². The number of thiocarbonyl (C=S) groups is 1. The van der Waals surface area contributed by atoms with Crippen molar-refractivity contribution in [2.24, 2.45) is 0 Å². The van der Waals surface area contributed by atoms with Gasteiger partial charge in [0.15, 0.2) is 15.8 Å². The van der Waals surface area contributed by atoms with Gasteiger partial charge in [0.25, 0.3) is 11.8 Å². The number of halogens is 1. The lowest BCUT2D eigenvalue weighted by Crippen LogP contribution is -2.45. The number of hydrogen-bond donors (Lipinski definition) is 1. The molecule has 0 unspecified atom stereocenters. The first-order chi connectivity index (χ1) is 16.9. The van der Waals surface area contributed by atoms with Crippen LogP contribution >= 0.6 is 39.9 Å². The van der Waals surface area contributed by atoms with E-state index in [4.69, 9.17) is 21.7 Å². The number of amides is 2. The fourth-order valence-corrected chi connectivity index (χ4v) is 5.01. The summed E-state index contributed by atoms with van der Waals surface area (Å²) in [4.78, 5) is 26.0. The molecule has 0 spiro atoms. The van der Waals surface area contributed by atoms with Crippen molar-refractivity contribution in [3.63, 3.8) is 0 Å². The van der Waals surface area contributed by atoms with Crippen molar-refractivity contribution >= 4 is 62.1 Å². The van der Waals surface area contributed by atoms with E-state index < -0.39 is 11.8 Å². The normalized spacial score (nSPS) is 14.4. The molecule has 2 amide bonds. The minimum absolute atomic E-state index is 0.254. The summed E-state index contributed by atoms with van der Waals surface area (Å²) in [6, 6.07) is 20.4. The number of rotatable bonds is 7. The van der Waals surface area contributed by atoms with Gasteiger partial charge in [-0.15, -0.1) is 0 Å². The molecular weight excluding hydrogens is 548 g/mol. The van der Waals surface area contributed by atoms with E-state index in [1.54, 1.807) is 37.5 Å². The number of hydrogen-bond acceptors (Lipinski definition) is 6. The third kappa shape index (κ3) is 5.93. The van der Waals surface area contributed by atoms with Gasteiger partial charge in [0.2, 0.25) is 0 Å². The molecule has 0 radical (unpaired) electrons. The van der Waals surface area contributed by atoms with E-state index in [9.17, 15) is 9.59 Å². The monoisotopic (exact) mass is 568 g/mol. The molecular formula is C26H21BrN2O4S2. The number of carbonyl (C=O) groups excluding carboxylic acids is 2. The molecule has 0 saturated carbocycles. The quantitative estimate of drug-likeness (QED) is 0.283. The molecule has 1 heterocycles. The standard InChI is InChI=1S/C26H21BrN2O4S2/c1-16-6-3-4-9-20(16)24(30)28-29-25(31)23(35-26(29)34)14-17-10-11-21(22(13-17)32-2)33-15-18-7-5-8-19(27)12-18/h3-14H,15H2,1-2H3,(H,28,30)/b23-14+. The molecule has 0 aromatic heterocycles. The molecule has 1 saturated heterocycles. The third-order valence-corrected chi connectivity index (χ3v) is 6.96. The van der Waals surface area contributed by atoms with Gasteiger partial charge >= 0.3 is 0 Å². The summed E-state index contributed by atoms with van der Waals surface area (Å²) in [5, 5.41) is 1.10. The largest absolute Gasteiger partial charge is 0.493 e. The van der Waals surface area contributed by atoms with Crippen LogP contribution in [0.4, 0.5) is 0 Å². The predicted molar refractivity (Wildman–Crippen MR) is 145 cm³/mol. The van der Waals surface area contributed by atoms with Crippen molar-refractivity contribution < 1.29 is 19.1 Å². The Morgan fingerprint density at radius 2 is 1.91 bits per heavy atom. The summed E-state index contributed by atoms with van der Waals surface area (Å²) >= 11 is 9.92. The van der Waals surface area contributed by atoms with E-state index in [2.05, 4.69) is 21.4 Å². The van der Waals surface area contributed by atoms with Gasteiger partial charge in [-0.05, 0) is 72.2 Å². The molecule has 0 aliphatic carbocycles. The molecule has 0 bridgehead atoms. The minimum atomic E-state index is -0.394. The molecule has 1 aliphatic heterocycles. The van der Waals surface area contributed by atoms with Crippen LogP contribution in [0.15, 0.2) is 76.1 Å². The summed E-state index contributed by atoms with van der Waals surface area (Å²) in [7, 11) is 1.56. The van der Waals surface area contributed by atoms with Crippen LogP contribution in [-0.2, 0) is 11.4 Å². The van der Waals surface area contributed by atoms with Crippen molar-refractivity contribution in [1.29, 1.82) is 0 Å². The van der Waals surface area contributed by atoms with Gasteiger partial charge in [-0.25, -0.2) is 0 Å². The lowest BCUT2D eigenvalue weighted by Gasteiger charge is -2.16. The molecule has 1 aliphatic rings.